The second-order valence-corrected chi connectivity index (χ2v) is 4.58. The van der Waals surface area contributed by atoms with Gasteiger partial charge < -0.3 is 5.73 Å². The summed E-state index contributed by atoms with van der Waals surface area (Å²) in [6, 6.07) is 2.03. The SMILES string of the molecule is Cc1cc(C)c(C(=O)CCN)c(C)c1Br. The number of carbonyl (C=O) groups excluding carboxylic acids is 1. The molecule has 0 aliphatic rings. The standard InChI is InChI=1S/C12H16BrNO/c1-7-6-8(2)12(13)9(3)11(7)10(15)4-5-14/h6H,4-5,14H2,1-3H3. The number of benzene rings is 1. The van der Waals surface area contributed by atoms with Crippen LogP contribution in [0.2, 0.25) is 0 Å². The van der Waals surface area contributed by atoms with Crippen LogP contribution in [0.1, 0.15) is 33.5 Å². The molecule has 0 spiro atoms. The van der Waals surface area contributed by atoms with E-state index in [1.807, 2.05) is 26.8 Å². The van der Waals surface area contributed by atoms with E-state index >= 15 is 0 Å². The topological polar surface area (TPSA) is 43.1 Å². The van der Waals surface area contributed by atoms with Gasteiger partial charge in [-0.2, -0.15) is 0 Å². The van der Waals surface area contributed by atoms with Crippen LogP contribution in [0.3, 0.4) is 0 Å². The lowest BCUT2D eigenvalue weighted by molar-refractivity contribution is 0.0984. The molecule has 2 nitrogen and oxygen atoms in total. The molecule has 0 atom stereocenters. The van der Waals surface area contributed by atoms with Crippen LogP contribution in [0.5, 0.6) is 0 Å². The maximum atomic E-state index is 11.8. The highest BCUT2D eigenvalue weighted by Crippen LogP contribution is 2.27. The van der Waals surface area contributed by atoms with Gasteiger partial charge in [-0.05, 0) is 44.0 Å². The molecule has 0 aromatic heterocycles. The molecule has 0 aliphatic carbocycles. The summed E-state index contributed by atoms with van der Waals surface area (Å²) in [6.07, 6.45) is 0.414. The summed E-state index contributed by atoms with van der Waals surface area (Å²) in [5, 5.41) is 0. The predicted octanol–water partition coefficient (Wildman–Crippen LogP) is 2.91. The molecule has 0 bridgehead atoms. The number of hydrogen-bond donors (Lipinski definition) is 1. The van der Waals surface area contributed by atoms with Crippen LogP contribution in [0.4, 0.5) is 0 Å². The zero-order valence-corrected chi connectivity index (χ0v) is 10.9. The molecule has 0 amide bonds. The average molecular weight is 270 g/mol. The van der Waals surface area contributed by atoms with Crippen molar-refractivity contribution in [1.29, 1.82) is 0 Å². The monoisotopic (exact) mass is 269 g/mol. The van der Waals surface area contributed by atoms with Gasteiger partial charge in [-0.15, -0.1) is 0 Å². The van der Waals surface area contributed by atoms with E-state index in [4.69, 9.17) is 5.73 Å². The molecule has 0 saturated carbocycles. The van der Waals surface area contributed by atoms with Gasteiger partial charge in [-0.25, -0.2) is 0 Å². The van der Waals surface area contributed by atoms with Gasteiger partial charge in [-0.3, -0.25) is 4.79 Å². The van der Waals surface area contributed by atoms with Gasteiger partial charge >= 0.3 is 0 Å². The van der Waals surface area contributed by atoms with Crippen molar-refractivity contribution in [2.45, 2.75) is 27.2 Å². The maximum absolute atomic E-state index is 11.8. The lowest BCUT2D eigenvalue weighted by Gasteiger charge is -2.12. The van der Waals surface area contributed by atoms with Gasteiger partial charge in [0.25, 0.3) is 0 Å². The van der Waals surface area contributed by atoms with Crippen molar-refractivity contribution >= 4 is 21.7 Å². The van der Waals surface area contributed by atoms with E-state index in [1.165, 1.54) is 0 Å². The molecule has 1 aromatic carbocycles. The molecular weight excluding hydrogens is 254 g/mol. The van der Waals surface area contributed by atoms with Crippen molar-refractivity contribution in [3.05, 3.63) is 32.8 Å². The minimum absolute atomic E-state index is 0.133. The van der Waals surface area contributed by atoms with Crippen LogP contribution in [-0.4, -0.2) is 12.3 Å². The molecule has 0 unspecified atom stereocenters. The fourth-order valence-electron chi connectivity index (χ4n) is 1.85. The molecule has 0 aliphatic heterocycles. The third kappa shape index (κ3) is 2.47. The molecule has 0 heterocycles. The molecule has 0 radical (unpaired) electrons. The number of halogens is 1. The van der Waals surface area contributed by atoms with E-state index < -0.39 is 0 Å². The zero-order valence-electron chi connectivity index (χ0n) is 9.36. The van der Waals surface area contributed by atoms with E-state index in [-0.39, 0.29) is 5.78 Å². The van der Waals surface area contributed by atoms with Crippen molar-refractivity contribution < 1.29 is 4.79 Å². The second-order valence-electron chi connectivity index (χ2n) is 3.79. The van der Waals surface area contributed by atoms with Gasteiger partial charge in [0.05, 0.1) is 0 Å². The lowest BCUT2D eigenvalue weighted by Crippen LogP contribution is -2.11. The van der Waals surface area contributed by atoms with Crippen molar-refractivity contribution in [3.63, 3.8) is 0 Å². The Balaban J connectivity index is 3.29. The Kier molecular flexibility index (Phi) is 4.05. The summed E-state index contributed by atoms with van der Waals surface area (Å²) >= 11 is 3.50. The predicted molar refractivity (Wildman–Crippen MR) is 66.4 cm³/mol. The molecular formula is C12H16BrNO. The van der Waals surface area contributed by atoms with Crippen LogP contribution in [0.15, 0.2) is 10.5 Å². The molecule has 82 valence electrons. The van der Waals surface area contributed by atoms with Gasteiger partial charge in [0.1, 0.15) is 0 Å². The van der Waals surface area contributed by atoms with Gasteiger partial charge in [0, 0.05) is 16.5 Å². The van der Waals surface area contributed by atoms with Crippen LogP contribution in [-0.2, 0) is 0 Å². The minimum atomic E-state index is 0.133. The number of hydrogen-bond acceptors (Lipinski definition) is 2. The fraction of sp³-hybridized carbons (Fsp3) is 0.417. The Hall–Kier alpha value is -0.670. The lowest BCUT2D eigenvalue weighted by atomic mass is 9.95. The van der Waals surface area contributed by atoms with Crippen LogP contribution < -0.4 is 5.73 Å². The molecule has 1 aromatic rings. The highest BCUT2D eigenvalue weighted by molar-refractivity contribution is 9.10. The summed E-state index contributed by atoms with van der Waals surface area (Å²) in [4.78, 5) is 11.8. The first-order valence-electron chi connectivity index (χ1n) is 4.98. The Morgan fingerprint density at radius 2 is 1.93 bits per heavy atom. The summed E-state index contributed by atoms with van der Waals surface area (Å²) in [7, 11) is 0. The third-order valence-corrected chi connectivity index (χ3v) is 3.75. The van der Waals surface area contributed by atoms with E-state index in [1.54, 1.807) is 0 Å². The Bertz CT molecular complexity index is 399. The van der Waals surface area contributed by atoms with Crippen LogP contribution in [0, 0.1) is 20.8 Å². The van der Waals surface area contributed by atoms with Crippen LogP contribution in [0.25, 0.3) is 0 Å². The van der Waals surface area contributed by atoms with Crippen molar-refractivity contribution in [3.8, 4) is 0 Å². The molecule has 2 N–H and O–H groups in total. The van der Waals surface area contributed by atoms with Crippen molar-refractivity contribution in [2.75, 3.05) is 6.54 Å². The number of rotatable bonds is 3. The van der Waals surface area contributed by atoms with Gasteiger partial charge in [0.2, 0.25) is 0 Å². The minimum Gasteiger partial charge on any atom is -0.330 e. The largest absolute Gasteiger partial charge is 0.330 e. The van der Waals surface area contributed by atoms with Gasteiger partial charge in [-0.1, -0.05) is 22.0 Å². The first-order valence-corrected chi connectivity index (χ1v) is 5.78. The first kappa shape index (κ1) is 12.4. The third-order valence-electron chi connectivity index (χ3n) is 2.53. The Labute approximate surface area is 99.0 Å². The highest BCUT2D eigenvalue weighted by atomic mass is 79.9. The quantitative estimate of drug-likeness (QED) is 0.858. The van der Waals surface area contributed by atoms with E-state index in [0.29, 0.717) is 13.0 Å². The summed E-state index contributed by atoms with van der Waals surface area (Å²) in [5.41, 5.74) is 9.43. The average Bonchev–Trinajstić information content (AvgIpc) is 2.15. The molecule has 3 heteroatoms. The summed E-state index contributed by atoms with van der Waals surface area (Å²) < 4.78 is 1.02. The van der Waals surface area contributed by atoms with Crippen molar-refractivity contribution in [2.24, 2.45) is 5.73 Å². The maximum Gasteiger partial charge on any atom is 0.164 e. The first-order chi connectivity index (χ1) is 6.99. The fourth-order valence-corrected chi connectivity index (χ4v) is 2.16. The van der Waals surface area contributed by atoms with E-state index in [0.717, 1.165) is 26.7 Å². The molecule has 0 fully saturated rings. The Morgan fingerprint density at radius 3 is 2.47 bits per heavy atom. The highest BCUT2D eigenvalue weighted by Gasteiger charge is 2.14. The van der Waals surface area contributed by atoms with Crippen LogP contribution >= 0.6 is 15.9 Å². The Morgan fingerprint density at radius 1 is 1.33 bits per heavy atom. The number of ketones is 1. The normalized spacial score (nSPS) is 10.5. The number of nitrogens with two attached hydrogens (primary N) is 1. The molecule has 0 saturated heterocycles. The van der Waals surface area contributed by atoms with Crippen molar-refractivity contribution in [1.82, 2.24) is 0 Å². The van der Waals surface area contributed by atoms with E-state index in [9.17, 15) is 4.79 Å². The number of Topliss-reactive ketones (excluding diaryl/α,β-unsaturated/α-hetero) is 1. The number of aryl methyl sites for hydroxylation is 2. The number of carbonyl (C=O) groups is 1. The van der Waals surface area contributed by atoms with Gasteiger partial charge in [0.15, 0.2) is 5.78 Å². The molecule has 1 rings (SSSR count). The molecule has 15 heavy (non-hydrogen) atoms. The second kappa shape index (κ2) is 4.90. The summed E-state index contributed by atoms with van der Waals surface area (Å²) in [5.74, 6) is 0.133. The smallest absolute Gasteiger partial charge is 0.164 e. The van der Waals surface area contributed by atoms with E-state index in [2.05, 4.69) is 15.9 Å². The zero-order chi connectivity index (χ0) is 11.6. The summed E-state index contributed by atoms with van der Waals surface area (Å²) in [6.45, 7) is 6.37.